The molecule has 2 aromatic carbocycles. The Morgan fingerprint density at radius 3 is 1.88 bits per heavy atom. The van der Waals surface area contributed by atoms with Crippen LogP contribution in [0.3, 0.4) is 0 Å². The minimum atomic E-state index is 0. The first-order valence-corrected chi connectivity index (χ1v) is 11.5. The van der Waals surface area contributed by atoms with Gasteiger partial charge in [-0.05, 0) is 66.1 Å². The number of para-hydroxylation sites is 1. The van der Waals surface area contributed by atoms with Crippen molar-refractivity contribution in [3.8, 4) is 0 Å². The molecule has 0 amide bonds. The second-order valence-electron chi connectivity index (χ2n) is 8.93. The summed E-state index contributed by atoms with van der Waals surface area (Å²) in [7, 11) is 0. The smallest absolute Gasteiger partial charge is 0.0849 e. The van der Waals surface area contributed by atoms with Crippen molar-refractivity contribution in [3.05, 3.63) is 93.3 Å². The molecule has 0 aliphatic heterocycles. The maximum atomic E-state index is 6.39. The zero-order chi connectivity index (χ0) is 22.7. The summed E-state index contributed by atoms with van der Waals surface area (Å²) in [5.74, 6) is 1.13. The van der Waals surface area contributed by atoms with Gasteiger partial charge in [0, 0.05) is 28.7 Å². The van der Waals surface area contributed by atoms with E-state index in [-0.39, 0.29) is 47.8 Å². The van der Waals surface area contributed by atoms with Crippen LogP contribution >= 0.6 is 36.4 Å². The molecule has 1 heterocycles. The molecule has 0 aliphatic rings. The number of halogens is 3. The fourth-order valence-electron chi connectivity index (χ4n) is 4.14. The Morgan fingerprint density at radius 1 is 0.824 bits per heavy atom. The Labute approximate surface area is 233 Å². The molecule has 0 fully saturated rings. The molecule has 1 aromatic heterocycles. The monoisotopic (exact) mass is 560 g/mol. The first-order valence-electron chi connectivity index (χ1n) is 11.1. The molecule has 1 unspecified atom stereocenters. The molecule has 6 heteroatoms. The predicted octanol–water partition coefficient (Wildman–Crippen LogP) is 9.42. The van der Waals surface area contributed by atoms with Crippen LogP contribution in [0.2, 0.25) is 5.02 Å². The molecule has 186 valence electrons. The minimum Gasteiger partial charge on any atom is -0.251 e. The summed E-state index contributed by atoms with van der Waals surface area (Å²) in [5.41, 5.74) is 8.92. The van der Waals surface area contributed by atoms with E-state index in [9.17, 15) is 0 Å². The van der Waals surface area contributed by atoms with Gasteiger partial charge in [0.05, 0.1) is 22.1 Å². The summed E-state index contributed by atoms with van der Waals surface area (Å²) in [4.78, 5) is 9.85. The van der Waals surface area contributed by atoms with Crippen LogP contribution in [0.4, 0.5) is 5.69 Å². The number of aromatic nitrogens is 1. The molecule has 0 radical (unpaired) electrons. The number of nitrogens with zero attached hydrogens (tertiary/aromatic N) is 2. The molecule has 0 saturated carbocycles. The zero-order valence-corrected chi connectivity index (χ0v) is 24.4. The largest absolute Gasteiger partial charge is 0.251 e. The minimum absolute atomic E-state index is 0. The fourth-order valence-corrected chi connectivity index (χ4v) is 4.40. The second kappa shape index (κ2) is 14.3. The second-order valence-corrected chi connectivity index (χ2v) is 9.34. The molecule has 0 spiro atoms. The van der Waals surface area contributed by atoms with Gasteiger partial charge >= 0.3 is 0 Å². The Kier molecular flexibility index (Phi) is 13.7. The van der Waals surface area contributed by atoms with Crippen molar-refractivity contribution in [2.45, 2.75) is 66.2 Å². The molecule has 1 atom stereocenters. The van der Waals surface area contributed by atoms with Crippen molar-refractivity contribution in [2.75, 3.05) is 0 Å². The number of aryl methyl sites for hydroxylation is 1. The van der Waals surface area contributed by atoms with Gasteiger partial charge in [-0.1, -0.05) is 82.6 Å². The molecular weight excluding hydrogens is 527 g/mol. The normalized spacial score (nSPS) is 12.0. The summed E-state index contributed by atoms with van der Waals surface area (Å²) < 4.78 is 0. The molecule has 0 saturated heterocycles. The molecule has 3 aromatic rings. The van der Waals surface area contributed by atoms with E-state index in [1.165, 1.54) is 16.7 Å². The predicted molar refractivity (Wildman–Crippen MR) is 149 cm³/mol. The van der Waals surface area contributed by atoms with E-state index in [2.05, 4.69) is 65.0 Å². The van der Waals surface area contributed by atoms with Gasteiger partial charge in [0.1, 0.15) is 0 Å². The van der Waals surface area contributed by atoms with Gasteiger partial charge in [-0.25, -0.2) is 4.99 Å². The molecule has 3 rings (SSSR count). The van der Waals surface area contributed by atoms with Gasteiger partial charge in [0.15, 0.2) is 0 Å². The molecule has 0 N–H and O–H groups in total. The van der Waals surface area contributed by atoms with Crippen molar-refractivity contribution in [2.24, 2.45) is 4.99 Å². The number of benzene rings is 2. The van der Waals surface area contributed by atoms with Crippen molar-refractivity contribution in [1.82, 2.24) is 4.98 Å². The van der Waals surface area contributed by atoms with Gasteiger partial charge in [-0.3, -0.25) is 4.98 Å². The topological polar surface area (TPSA) is 25.2 Å². The zero-order valence-electron chi connectivity index (χ0n) is 20.9. The fraction of sp³-hybridized carbons (Fsp3) is 0.357. The van der Waals surface area contributed by atoms with Crippen LogP contribution in [0.25, 0.3) is 0 Å². The first kappa shape index (κ1) is 32.6. The van der Waals surface area contributed by atoms with Crippen LogP contribution in [0.5, 0.6) is 0 Å². The summed E-state index contributed by atoms with van der Waals surface area (Å²) in [6.45, 7) is 15.4. The third kappa shape index (κ3) is 7.32. The summed E-state index contributed by atoms with van der Waals surface area (Å²) in [6.07, 6.45) is 0. The van der Waals surface area contributed by atoms with E-state index in [4.69, 9.17) is 21.6 Å². The van der Waals surface area contributed by atoms with Gasteiger partial charge in [0.2, 0.25) is 0 Å². The molecule has 34 heavy (non-hydrogen) atoms. The third-order valence-electron chi connectivity index (χ3n) is 5.90. The maximum Gasteiger partial charge on any atom is 0.0849 e. The maximum absolute atomic E-state index is 6.39. The molecule has 0 aliphatic carbocycles. The van der Waals surface area contributed by atoms with Crippen LogP contribution in [-0.4, -0.2) is 10.7 Å². The average Bonchev–Trinajstić information content (AvgIpc) is 2.75. The Bertz CT molecular complexity index is 1060. The summed E-state index contributed by atoms with van der Waals surface area (Å²) in [5, 5.41) is 0.663. The van der Waals surface area contributed by atoms with Crippen molar-refractivity contribution in [1.29, 1.82) is 0 Å². The van der Waals surface area contributed by atoms with E-state index in [0.29, 0.717) is 16.9 Å². The average molecular weight is 562 g/mol. The number of hydrogen-bond donors (Lipinski definition) is 0. The van der Waals surface area contributed by atoms with E-state index < -0.39 is 0 Å². The third-order valence-corrected chi connectivity index (χ3v) is 6.21. The van der Waals surface area contributed by atoms with Crippen LogP contribution in [-0.2, 0) is 17.1 Å². The Hall–Kier alpha value is -1.35. The standard InChI is InChI=1S/C28H33ClN2.2ClH.Fe/c1-17(2)22-12-9-13-23(18(3)4)27(22)20(6)25-15-10-16-26(31-25)21(7)30-28-19(5)11-8-14-24(28)29;;;/h8-18,20H,1-7H3;2*1H;. The van der Waals surface area contributed by atoms with Gasteiger partial charge in [0.25, 0.3) is 0 Å². The number of aliphatic imine (C=N–C) groups is 1. The van der Waals surface area contributed by atoms with Crippen LogP contribution in [0, 0.1) is 6.92 Å². The first-order chi connectivity index (χ1) is 14.7. The SMILES string of the molecule is CC(=Nc1c(C)cccc1Cl)c1cccc(C(C)c2c(C(C)C)cccc2C(C)C)n1.Cl.Cl.[Fe]. The quantitative estimate of drug-likeness (QED) is 0.217. The van der Waals surface area contributed by atoms with Crippen LogP contribution < -0.4 is 0 Å². The number of hydrogen-bond acceptors (Lipinski definition) is 2. The van der Waals surface area contributed by atoms with Gasteiger partial charge in [-0.2, -0.15) is 0 Å². The summed E-state index contributed by atoms with van der Waals surface area (Å²) in [6, 6.07) is 18.8. The molecule has 0 bridgehead atoms. The summed E-state index contributed by atoms with van der Waals surface area (Å²) >= 11 is 6.39. The van der Waals surface area contributed by atoms with Crippen molar-refractivity contribution < 1.29 is 17.1 Å². The Morgan fingerprint density at radius 2 is 1.35 bits per heavy atom. The molecule has 2 nitrogen and oxygen atoms in total. The van der Waals surface area contributed by atoms with Crippen LogP contribution in [0.1, 0.15) is 92.9 Å². The number of pyridine rings is 1. The van der Waals surface area contributed by atoms with E-state index >= 15 is 0 Å². The van der Waals surface area contributed by atoms with Gasteiger partial charge in [-0.15, -0.1) is 24.8 Å². The Balaban J connectivity index is 0.00000363. The van der Waals surface area contributed by atoms with Crippen LogP contribution in [0.15, 0.2) is 59.6 Å². The molecular formula is C28H35Cl3FeN2. The number of rotatable bonds is 6. The van der Waals surface area contributed by atoms with E-state index in [1.54, 1.807) is 0 Å². The van der Waals surface area contributed by atoms with E-state index in [0.717, 1.165) is 28.4 Å². The van der Waals surface area contributed by atoms with Crippen molar-refractivity contribution >= 4 is 47.8 Å². The van der Waals surface area contributed by atoms with Gasteiger partial charge < -0.3 is 0 Å². The van der Waals surface area contributed by atoms with E-state index in [1.807, 2.05) is 38.1 Å². The van der Waals surface area contributed by atoms with Crippen molar-refractivity contribution in [3.63, 3.8) is 0 Å².